The third kappa shape index (κ3) is 12.2. The summed E-state index contributed by atoms with van der Waals surface area (Å²) in [5.41, 5.74) is 7.90. The van der Waals surface area contributed by atoms with Gasteiger partial charge in [-0.3, -0.25) is 0 Å². The minimum absolute atomic E-state index is 0.512. The molecule has 4 heteroatoms. The first kappa shape index (κ1) is 43.5. The monoisotopic (exact) mass is 786 g/mol. The number of ether oxygens (including phenoxy) is 2. The van der Waals surface area contributed by atoms with E-state index in [-0.39, 0.29) is 0 Å². The average molecular weight is 787 g/mol. The maximum absolute atomic E-state index is 6.22. The molecule has 0 spiro atoms. The van der Waals surface area contributed by atoms with E-state index in [2.05, 4.69) is 146 Å². The number of unbranched alkanes of at least 4 members (excludes halogenated alkanes) is 10. The van der Waals surface area contributed by atoms with Gasteiger partial charge in [-0.05, 0) is 125 Å². The number of rotatable bonds is 19. The van der Waals surface area contributed by atoms with Crippen LogP contribution in [0.1, 0.15) is 124 Å². The highest BCUT2D eigenvalue weighted by Crippen LogP contribution is 2.41. The van der Waals surface area contributed by atoms with Gasteiger partial charge in [0.05, 0.1) is 13.2 Å². The Morgan fingerprint density at radius 3 is 1.30 bits per heavy atom. The largest absolute Gasteiger partial charge is 0.493 e. The molecule has 0 aliphatic carbocycles. The lowest BCUT2D eigenvalue weighted by Crippen LogP contribution is -2.24. The Labute approximate surface area is 344 Å². The lowest BCUT2D eigenvalue weighted by Gasteiger charge is -2.23. The molecule has 0 aliphatic rings. The van der Waals surface area contributed by atoms with Crippen LogP contribution in [-0.4, -0.2) is 13.2 Å². The van der Waals surface area contributed by atoms with Crippen LogP contribution >= 0.6 is 19.3 Å². The average Bonchev–Trinajstić information content (AvgIpc) is 3.51. The molecule has 0 unspecified atom stereocenters. The molecule has 5 aromatic carbocycles. The molecular weight excluding hydrogens is 720 g/mol. The molecule has 0 fully saturated rings. The van der Waals surface area contributed by atoms with Crippen LogP contribution < -0.4 is 25.4 Å². The molecule has 6 aromatic rings. The molecule has 6 rings (SSSR count). The van der Waals surface area contributed by atoms with Gasteiger partial charge in [-0.25, -0.2) is 0 Å². The molecule has 1 heterocycles. The number of benzene rings is 5. The Balaban J connectivity index is 0.000000228. The highest BCUT2D eigenvalue weighted by Gasteiger charge is 2.20. The molecule has 2 nitrogen and oxygen atoms in total. The van der Waals surface area contributed by atoms with Crippen molar-refractivity contribution in [2.75, 3.05) is 13.2 Å². The molecule has 0 saturated carbocycles. The minimum Gasteiger partial charge on any atom is -0.493 e. The Kier molecular flexibility index (Phi) is 17.3. The molecule has 0 amide bonds. The summed E-state index contributed by atoms with van der Waals surface area (Å²) in [7, 11) is -0.512. The fourth-order valence-corrected chi connectivity index (χ4v) is 11.4. The number of hydrogen-bond acceptors (Lipinski definition) is 3. The van der Waals surface area contributed by atoms with Gasteiger partial charge in [0.25, 0.3) is 0 Å². The van der Waals surface area contributed by atoms with Crippen LogP contribution in [0.25, 0.3) is 20.2 Å². The first-order valence-electron chi connectivity index (χ1n) is 21.4. The second kappa shape index (κ2) is 22.3. The van der Waals surface area contributed by atoms with Crippen molar-refractivity contribution in [1.29, 1.82) is 0 Å². The summed E-state index contributed by atoms with van der Waals surface area (Å²) in [6.45, 7) is 19.3. The Hall–Kier alpha value is -3.65. The minimum atomic E-state index is -0.512. The van der Waals surface area contributed by atoms with Gasteiger partial charge in [-0.1, -0.05) is 156 Å². The first-order chi connectivity index (χ1) is 27.2. The lowest BCUT2D eigenvalue weighted by atomic mass is 10.1. The zero-order valence-electron chi connectivity index (χ0n) is 35.7. The van der Waals surface area contributed by atoms with Gasteiger partial charge in [0, 0.05) is 20.2 Å². The Bertz CT molecular complexity index is 1980. The summed E-state index contributed by atoms with van der Waals surface area (Å²) in [5.74, 6) is 2.07. The van der Waals surface area contributed by atoms with Gasteiger partial charge in [0.15, 0.2) is 0 Å². The van der Waals surface area contributed by atoms with Gasteiger partial charge < -0.3 is 9.47 Å². The maximum Gasteiger partial charge on any atom is 0.122 e. The normalized spacial score (nSPS) is 11.3. The summed E-state index contributed by atoms with van der Waals surface area (Å²) >= 11 is 1.88. The third-order valence-electron chi connectivity index (χ3n) is 10.8. The van der Waals surface area contributed by atoms with Crippen molar-refractivity contribution < 1.29 is 9.47 Å². The second-order valence-electron chi connectivity index (χ2n) is 15.8. The standard InChI is InChI=1S/C30H44O2S.C22H23P/c1-5-7-9-11-13-15-17-31-27-21-25-26-22-28(32-18-16-14-12-10-8-6-2)24(4)20-30(26)33-29(25)19-23(27)3;1-16-10-12-21(18(3)14-16)23(20-8-6-5-7-9-20)22-13-11-17(2)15-19(22)4/h19-22H,5-18H2,1-4H3;5-15H,1-4H3. The highest BCUT2D eigenvalue weighted by atomic mass is 32.1. The van der Waals surface area contributed by atoms with Gasteiger partial charge >= 0.3 is 0 Å². The smallest absolute Gasteiger partial charge is 0.122 e. The van der Waals surface area contributed by atoms with Gasteiger partial charge in [-0.2, -0.15) is 0 Å². The molecule has 0 atom stereocenters. The summed E-state index contributed by atoms with van der Waals surface area (Å²) in [6.07, 6.45) is 15.5. The zero-order valence-corrected chi connectivity index (χ0v) is 37.4. The van der Waals surface area contributed by atoms with Crippen LogP contribution in [0.2, 0.25) is 0 Å². The summed E-state index contributed by atoms with van der Waals surface area (Å²) < 4.78 is 15.1. The van der Waals surface area contributed by atoms with E-state index in [1.54, 1.807) is 0 Å². The zero-order chi connectivity index (χ0) is 39.9. The third-order valence-corrected chi connectivity index (χ3v) is 14.7. The fourth-order valence-electron chi connectivity index (χ4n) is 7.57. The highest BCUT2D eigenvalue weighted by molar-refractivity contribution is 7.80. The van der Waals surface area contributed by atoms with Crippen molar-refractivity contribution in [2.24, 2.45) is 0 Å². The summed E-state index contributed by atoms with van der Waals surface area (Å²) in [4.78, 5) is 0. The van der Waals surface area contributed by atoms with Gasteiger partial charge in [-0.15, -0.1) is 11.3 Å². The van der Waals surface area contributed by atoms with E-state index in [0.29, 0.717) is 0 Å². The van der Waals surface area contributed by atoms with Gasteiger partial charge in [0.1, 0.15) is 11.5 Å². The summed E-state index contributed by atoms with van der Waals surface area (Å²) in [6, 6.07) is 33.8. The Morgan fingerprint density at radius 2 is 0.875 bits per heavy atom. The number of hydrogen-bond donors (Lipinski definition) is 0. The predicted octanol–water partition coefficient (Wildman–Crippen LogP) is 14.8. The van der Waals surface area contributed by atoms with Crippen LogP contribution in [0.4, 0.5) is 0 Å². The first-order valence-corrected chi connectivity index (χ1v) is 23.6. The van der Waals surface area contributed by atoms with Crippen molar-refractivity contribution in [1.82, 2.24) is 0 Å². The second-order valence-corrected chi connectivity index (χ2v) is 19.0. The molecule has 0 radical (unpaired) electrons. The number of aryl methyl sites for hydroxylation is 6. The molecule has 0 aliphatic heterocycles. The summed E-state index contributed by atoms with van der Waals surface area (Å²) in [5, 5.41) is 6.93. The van der Waals surface area contributed by atoms with Crippen LogP contribution in [0.15, 0.2) is 91.0 Å². The van der Waals surface area contributed by atoms with E-state index >= 15 is 0 Å². The molecule has 0 N–H and O–H groups in total. The van der Waals surface area contributed by atoms with E-state index in [1.807, 2.05) is 11.3 Å². The van der Waals surface area contributed by atoms with Crippen LogP contribution in [0.5, 0.6) is 11.5 Å². The quantitative estimate of drug-likeness (QED) is 0.0601. The van der Waals surface area contributed by atoms with E-state index in [4.69, 9.17) is 9.47 Å². The number of fused-ring (bicyclic) bond motifs is 3. The van der Waals surface area contributed by atoms with Crippen molar-refractivity contribution in [2.45, 2.75) is 132 Å². The van der Waals surface area contributed by atoms with E-state index < -0.39 is 7.92 Å². The molecule has 0 saturated heterocycles. The van der Waals surface area contributed by atoms with Crippen molar-refractivity contribution in [3.05, 3.63) is 124 Å². The topological polar surface area (TPSA) is 18.5 Å². The lowest BCUT2D eigenvalue weighted by molar-refractivity contribution is 0.302. The number of thiophene rings is 1. The SMILES string of the molecule is CCCCCCCCOc1cc2c(cc1C)sc1cc(C)c(OCCCCCCCC)cc12.Cc1ccc(P(c2ccccc2)c2ccc(C)cc2C)c(C)c1. The maximum atomic E-state index is 6.22. The molecule has 56 heavy (non-hydrogen) atoms. The van der Waals surface area contributed by atoms with Gasteiger partial charge in [0.2, 0.25) is 0 Å². The molecule has 1 aromatic heterocycles. The fraction of sp³-hybridized carbons (Fsp3) is 0.423. The molecular formula is C52H67O2PS. The Morgan fingerprint density at radius 1 is 0.446 bits per heavy atom. The van der Waals surface area contributed by atoms with Crippen molar-refractivity contribution in [3.8, 4) is 11.5 Å². The van der Waals surface area contributed by atoms with Crippen molar-refractivity contribution in [3.63, 3.8) is 0 Å². The van der Waals surface area contributed by atoms with E-state index in [0.717, 1.165) is 37.6 Å². The predicted molar refractivity (Wildman–Crippen MR) is 251 cm³/mol. The van der Waals surface area contributed by atoms with Crippen molar-refractivity contribution >= 4 is 55.3 Å². The van der Waals surface area contributed by atoms with Crippen LogP contribution in [0.3, 0.4) is 0 Å². The molecule has 298 valence electrons. The van der Waals surface area contributed by atoms with Crippen LogP contribution in [-0.2, 0) is 0 Å². The molecule has 0 bridgehead atoms. The van der Waals surface area contributed by atoms with E-state index in [1.165, 1.54) is 134 Å². The van der Waals surface area contributed by atoms with Crippen LogP contribution in [0, 0.1) is 41.5 Å². The van der Waals surface area contributed by atoms with E-state index in [9.17, 15) is 0 Å².